The zero-order chi connectivity index (χ0) is 14.1. The number of imidazole rings is 1. The third kappa shape index (κ3) is 2.21. The van der Waals surface area contributed by atoms with Crippen molar-refractivity contribution in [3.8, 4) is 0 Å². The molecule has 2 aromatic heterocycles. The van der Waals surface area contributed by atoms with E-state index in [0.29, 0.717) is 11.6 Å². The number of nitrogens with one attached hydrogen (secondary N) is 2. The molecule has 2 aromatic rings. The van der Waals surface area contributed by atoms with Crippen LogP contribution in [-0.4, -0.2) is 31.7 Å². The molecule has 6 heteroatoms. The zero-order valence-corrected chi connectivity index (χ0v) is 11.8. The van der Waals surface area contributed by atoms with Crippen molar-refractivity contribution in [1.82, 2.24) is 25.1 Å². The standard InChI is InChI=1S/C14H19N5O/c1-9-13(10(2)18-17-9)14(20)16-11-4-3-5-12(11)19-7-6-15-8-19/h6-8,11-12H,3-5H2,1-2H3,(H,16,20)(H,17,18). The van der Waals surface area contributed by atoms with E-state index in [0.717, 1.165) is 30.7 Å². The van der Waals surface area contributed by atoms with E-state index in [2.05, 4.69) is 25.1 Å². The van der Waals surface area contributed by atoms with Crippen LogP contribution < -0.4 is 5.32 Å². The summed E-state index contributed by atoms with van der Waals surface area (Å²) in [5.41, 5.74) is 2.23. The van der Waals surface area contributed by atoms with Gasteiger partial charge in [0.2, 0.25) is 0 Å². The first-order valence-corrected chi connectivity index (χ1v) is 6.96. The highest BCUT2D eigenvalue weighted by Crippen LogP contribution is 2.30. The molecule has 106 valence electrons. The Kier molecular flexibility index (Phi) is 3.30. The van der Waals surface area contributed by atoms with Gasteiger partial charge in [0, 0.05) is 24.1 Å². The molecule has 2 unspecified atom stereocenters. The lowest BCUT2D eigenvalue weighted by Crippen LogP contribution is -2.38. The first kappa shape index (κ1) is 12.9. The number of aromatic nitrogens is 4. The summed E-state index contributed by atoms with van der Waals surface area (Å²) in [7, 11) is 0. The van der Waals surface area contributed by atoms with Gasteiger partial charge in [0.25, 0.3) is 5.91 Å². The third-order valence-corrected chi connectivity index (χ3v) is 4.06. The summed E-state index contributed by atoms with van der Waals surface area (Å²) in [4.78, 5) is 16.5. The summed E-state index contributed by atoms with van der Waals surface area (Å²) in [6.07, 6.45) is 8.76. The molecule has 3 rings (SSSR count). The summed E-state index contributed by atoms with van der Waals surface area (Å²) in [6.45, 7) is 3.72. The molecule has 2 atom stereocenters. The molecule has 0 saturated heterocycles. The molecule has 0 radical (unpaired) electrons. The Hall–Kier alpha value is -2.11. The normalized spacial score (nSPS) is 22.1. The van der Waals surface area contributed by atoms with Crippen LogP contribution in [0.15, 0.2) is 18.7 Å². The Morgan fingerprint density at radius 1 is 1.45 bits per heavy atom. The van der Waals surface area contributed by atoms with Gasteiger partial charge in [-0.25, -0.2) is 4.98 Å². The van der Waals surface area contributed by atoms with Gasteiger partial charge >= 0.3 is 0 Å². The molecule has 1 aliphatic rings. The number of carbonyl (C=O) groups is 1. The summed E-state index contributed by atoms with van der Waals surface area (Å²) in [5, 5.41) is 10.1. The third-order valence-electron chi connectivity index (χ3n) is 4.06. The lowest BCUT2D eigenvalue weighted by atomic mass is 10.1. The fraction of sp³-hybridized carbons (Fsp3) is 0.500. The van der Waals surface area contributed by atoms with Crippen LogP contribution in [-0.2, 0) is 0 Å². The minimum atomic E-state index is -0.0363. The van der Waals surface area contributed by atoms with Gasteiger partial charge in [0.15, 0.2) is 0 Å². The van der Waals surface area contributed by atoms with E-state index in [4.69, 9.17) is 0 Å². The highest BCUT2D eigenvalue weighted by molar-refractivity contribution is 5.96. The fourth-order valence-corrected chi connectivity index (χ4v) is 3.06. The summed E-state index contributed by atoms with van der Waals surface area (Å²) in [5.74, 6) is -0.0363. The van der Waals surface area contributed by atoms with Crippen molar-refractivity contribution in [2.45, 2.75) is 45.2 Å². The number of amides is 1. The smallest absolute Gasteiger partial charge is 0.255 e. The van der Waals surface area contributed by atoms with Gasteiger partial charge in [0.1, 0.15) is 0 Å². The lowest BCUT2D eigenvalue weighted by molar-refractivity contribution is 0.0927. The van der Waals surface area contributed by atoms with Crippen molar-refractivity contribution in [1.29, 1.82) is 0 Å². The molecular weight excluding hydrogens is 254 g/mol. The van der Waals surface area contributed by atoms with Gasteiger partial charge in [-0.1, -0.05) is 0 Å². The maximum absolute atomic E-state index is 12.4. The number of aromatic amines is 1. The van der Waals surface area contributed by atoms with Gasteiger partial charge in [-0.2, -0.15) is 5.10 Å². The van der Waals surface area contributed by atoms with Crippen LogP contribution in [0.4, 0.5) is 0 Å². The van der Waals surface area contributed by atoms with Crippen LogP contribution >= 0.6 is 0 Å². The molecule has 6 nitrogen and oxygen atoms in total. The molecule has 0 aliphatic heterocycles. The van der Waals surface area contributed by atoms with Crippen molar-refractivity contribution < 1.29 is 4.79 Å². The van der Waals surface area contributed by atoms with Crippen LogP contribution in [0.5, 0.6) is 0 Å². The number of aryl methyl sites for hydroxylation is 2. The molecule has 1 aliphatic carbocycles. The highest BCUT2D eigenvalue weighted by Gasteiger charge is 2.30. The van der Waals surface area contributed by atoms with E-state index in [9.17, 15) is 4.79 Å². The number of hydrogen-bond acceptors (Lipinski definition) is 3. The van der Waals surface area contributed by atoms with Crippen LogP contribution in [0.1, 0.15) is 47.1 Å². The Balaban J connectivity index is 1.76. The second kappa shape index (κ2) is 5.11. The Morgan fingerprint density at radius 3 is 2.95 bits per heavy atom. The van der Waals surface area contributed by atoms with E-state index in [1.54, 1.807) is 6.20 Å². The number of carbonyl (C=O) groups excluding carboxylic acids is 1. The molecule has 1 fully saturated rings. The van der Waals surface area contributed by atoms with E-state index in [-0.39, 0.29) is 11.9 Å². The summed E-state index contributed by atoms with van der Waals surface area (Å²) >= 11 is 0. The van der Waals surface area contributed by atoms with Gasteiger partial charge in [-0.05, 0) is 33.1 Å². The minimum Gasteiger partial charge on any atom is -0.347 e. The van der Waals surface area contributed by atoms with Crippen LogP contribution in [0.25, 0.3) is 0 Å². The van der Waals surface area contributed by atoms with Crippen LogP contribution in [0.2, 0.25) is 0 Å². The number of hydrogen-bond donors (Lipinski definition) is 2. The minimum absolute atomic E-state index is 0.0363. The van der Waals surface area contributed by atoms with Crippen LogP contribution in [0, 0.1) is 13.8 Å². The molecule has 1 saturated carbocycles. The van der Waals surface area contributed by atoms with E-state index < -0.39 is 0 Å². The van der Waals surface area contributed by atoms with E-state index in [1.807, 2.05) is 26.4 Å². The van der Waals surface area contributed by atoms with Gasteiger partial charge < -0.3 is 9.88 Å². The Bertz CT molecular complexity index is 582. The Morgan fingerprint density at radius 2 is 2.30 bits per heavy atom. The molecule has 0 spiro atoms. The molecule has 1 amide bonds. The van der Waals surface area contributed by atoms with Crippen LogP contribution in [0.3, 0.4) is 0 Å². The summed E-state index contributed by atoms with van der Waals surface area (Å²) in [6, 6.07) is 0.458. The quantitative estimate of drug-likeness (QED) is 0.894. The maximum Gasteiger partial charge on any atom is 0.255 e. The average molecular weight is 273 g/mol. The van der Waals surface area contributed by atoms with E-state index >= 15 is 0 Å². The van der Waals surface area contributed by atoms with Gasteiger partial charge in [0.05, 0.1) is 23.6 Å². The maximum atomic E-state index is 12.4. The lowest BCUT2D eigenvalue weighted by Gasteiger charge is -2.22. The van der Waals surface area contributed by atoms with Crippen molar-refractivity contribution in [3.63, 3.8) is 0 Å². The first-order valence-electron chi connectivity index (χ1n) is 6.96. The van der Waals surface area contributed by atoms with Crippen molar-refractivity contribution in [2.75, 3.05) is 0 Å². The predicted molar refractivity (Wildman–Crippen MR) is 74.4 cm³/mol. The Labute approximate surface area is 117 Å². The van der Waals surface area contributed by atoms with E-state index in [1.165, 1.54) is 0 Å². The van der Waals surface area contributed by atoms with Crippen molar-refractivity contribution >= 4 is 5.91 Å². The summed E-state index contributed by atoms with van der Waals surface area (Å²) < 4.78 is 2.09. The van der Waals surface area contributed by atoms with Gasteiger partial charge in [-0.3, -0.25) is 9.89 Å². The van der Waals surface area contributed by atoms with Gasteiger partial charge in [-0.15, -0.1) is 0 Å². The SMILES string of the molecule is Cc1n[nH]c(C)c1C(=O)NC1CCCC1n1ccnc1. The van der Waals surface area contributed by atoms with Crippen molar-refractivity contribution in [3.05, 3.63) is 35.7 Å². The largest absolute Gasteiger partial charge is 0.347 e. The fourth-order valence-electron chi connectivity index (χ4n) is 3.06. The molecule has 0 aromatic carbocycles. The number of nitrogens with zero attached hydrogens (tertiary/aromatic N) is 3. The van der Waals surface area contributed by atoms with Crippen molar-refractivity contribution in [2.24, 2.45) is 0 Å². The molecule has 20 heavy (non-hydrogen) atoms. The molecule has 0 bridgehead atoms. The average Bonchev–Trinajstić information content (AvgIpc) is 3.10. The second-order valence-corrected chi connectivity index (χ2v) is 5.40. The number of H-pyrrole nitrogens is 1. The molecular formula is C14H19N5O. The predicted octanol–water partition coefficient (Wildman–Crippen LogP) is 1.75. The monoisotopic (exact) mass is 273 g/mol. The second-order valence-electron chi connectivity index (χ2n) is 5.40. The highest BCUT2D eigenvalue weighted by atomic mass is 16.1. The molecule has 2 heterocycles. The number of rotatable bonds is 3. The molecule has 2 N–H and O–H groups in total. The topological polar surface area (TPSA) is 75.6 Å². The first-order chi connectivity index (χ1) is 9.66. The zero-order valence-electron chi connectivity index (χ0n) is 11.8.